The van der Waals surface area contributed by atoms with E-state index in [1.54, 1.807) is 35.1 Å². The van der Waals surface area contributed by atoms with Crippen LogP contribution in [0.1, 0.15) is 12.0 Å². The molecule has 0 aliphatic carbocycles. The van der Waals surface area contributed by atoms with Gasteiger partial charge in [-0.1, -0.05) is 18.2 Å². The Morgan fingerprint density at radius 1 is 1.03 bits per heavy atom. The van der Waals surface area contributed by atoms with Crippen molar-refractivity contribution in [2.75, 3.05) is 13.1 Å². The minimum Gasteiger partial charge on any atom is -0.289 e. The van der Waals surface area contributed by atoms with Crippen LogP contribution in [-0.2, 0) is 11.0 Å². The SMILES string of the molecule is O=C(NSC(F)(F)F)C1=CC[N+](c2ccccc2)(c2ncccc2C(F)(F)F)CC1. The zero-order valence-corrected chi connectivity index (χ0v) is 16.1. The summed E-state index contributed by atoms with van der Waals surface area (Å²) < 4.78 is 79.4. The van der Waals surface area contributed by atoms with E-state index in [1.807, 2.05) is 0 Å². The Balaban J connectivity index is 2.00. The highest BCUT2D eigenvalue weighted by atomic mass is 32.2. The van der Waals surface area contributed by atoms with Gasteiger partial charge in [-0.15, -0.1) is 0 Å². The number of alkyl halides is 6. The minimum atomic E-state index is -4.64. The maximum absolute atomic E-state index is 13.7. The third-order valence-electron chi connectivity index (χ3n) is 4.71. The maximum atomic E-state index is 13.7. The van der Waals surface area contributed by atoms with Crippen LogP contribution >= 0.6 is 11.9 Å². The molecule has 11 heteroatoms. The Morgan fingerprint density at radius 3 is 2.30 bits per heavy atom. The molecule has 2 heterocycles. The summed E-state index contributed by atoms with van der Waals surface area (Å²) in [5.41, 5.74) is -4.92. The van der Waals surface area contributed by atoms with Crippen LogP contribution < -0.4 is 9.21 Å². The van der Waals surface area contributed by atoms with Crippen LogP contribution in [0.2, 0.25) is 0 Å². The smallest absolute Gasteiger partial charge is 0.289 e. The normalized spacial score (nSPS) is 19.9. The molecule has 4 nitrogen and oxygen atoms in total. The zero-order chi connectivity index (χ0) is 22.0. The predicted molar refractivity (Wildman–Crippen MR) is 101 cm³/mol. The fourth-order valence-corrected chi connectivity index (χ4v) is 3.71. The number of para-hydroxylation sites is 1. The summed E-state index contributed by atoms with van der Waals surface area (Å²) in [7, 11) is 0. The Bertz CT molecular complexity index is 945. The van der Waals surface area contributed by atoms with Gasteiger partial charge in [0.2, 0.25) is 5.82 Å². The molecule has 1 aliphatic heterocycles. The molecule has 0 fully saturated rings. The van der Waals surface area contributed by atoms with E-state index in [0.717, 1.165) is 6.07 Å². The number of hydrogen-bond acceptors (Lipinski definition) is 3. The topological polar surface area (TPSA) is 42.0 Å². The van der Waals surface area contributed by atoms with Crippen molar-refractivity contribution in [2.45, 2.75) is 18.1 Å². The van der Waals surface area contributed by atoms with E-state index in [2.05, 4.69) is 4.98 Å². The first kappa shape index (κ1) is 22.2. The van der Waals surface area contributed by atoms with Crippen LogP contribution in [0.25, 0.3) is 0 Å². The Labute approximate surface area is 172 Å². The Hall–Kier alpha value is -2.53. The maximum Gasteiger partial charge on any atom is 0.461 e. The number of carbonyl (C=O) groups excluding carboxylic acids is 1. The van der Waals surface area contributed by atoms with Crippen LogP contribution in [0.4, 0.5) is 37.8 Å². The number of amides is 1. The number of aromatic nitrogens is 1. The first-order chi connectivity index (χ1) is 14.0. The van der Waals surface area contributed by atoms with E-state index in [4.69, 9.17) is 0 Å². The molecule has 160 valence electrons. The highest BCUT2D eigenvalue weighted by Crippen LogP contribution is 2.44. The summed E-state index contributed by atoms with van der Waals surface area (Å²) >= 11 is -0.673. The number of nitrogens with zero attached hydrogens (tertiary/aromatic N) is 2. The van der Waals surface area contributed by atoms with E-state index < -0.39 is 35.1 Å². The summed E-state index contributed by atoms with van der Waals surface area (Å²) in [5, 5.41) is 0. The highest BCUT2D eigenvalue weighted by molar-refractivity contribution is 7.98. The van der Waals surface area contributed by atoms with Gasteiger partial charge >= 0.3 is 11.7 Å². The van der Waals surface area contributed by atoms with Gasteiger partial charge < -0.3 is 0 Å². The second-order valence-electron chi connectivity index (χ2n) is 6.54. The molecule has 30 heavy (non-hydrogen) atoms. The van der Waals surface area contributed by atoms with Gasteiger partial charge in [-0.25, -0.2) is 9.47 Å². The van der Waals surface area contributed by atoms with Crippen molar-refractivity contribution in [3.63, 3.8) is 0 Å². The van der Waals surface area contributed by atoms with E-state index >= 15 is 0 Å². The van der Waals surface area contributed by atoms with Gasteiger partial charge in [-0.2, -0.15) is 26.3 Å². The van der Waals surface area contributed by atoms with E-state index in [1.165, 1.54) is 18.3 Å². The van der Waals surface area contributed by atoms with Gasteiger partial charge in [0.15, 0.2) is 0 Å². The van der Waals surface area contributed by atoms with E-state index in [-0.39, 0.29) is 35.4 Å². The largest absolute Gasteiger partial charge is 0.461 e. The Morgan fingerprint density at radius 2 is 1.73 bits per heavy atom. The van der Waals surface area contributed by atoms with E-state index in [0.29, 0.717) is 5.69 Å². The number of benzene rings is 1. The molecule has 1 amide bonds. The fourth-order valence-electron chi connectivity index (χ4n) is 3.37. The second-order valence-corrected chi connectivity index (χ2v) is 7.41. The van der Waals surface area contributed by atoms with Gasteiger partial charge in [-0.05, 0) is 30.3 Å². The van der Waals surface area contributed by atoms with Crippen molar-refractivity contribution in [1.29, 1.82) is 0 Å². The molecule has 1 aromatic carbocycles. The second kappa shape index (κ2) is 8.31. The van der Waals surface area contributed by atoms with Crippen molar-refractivity contribution in [3.8, 4) is 0 Å². The fraction of sp³-hybridized carbons (Fsp3) is 0.263. The van der Waals surface area contributed by atoms with E-state index in [9.17, 15) is 31.1 Å². The highest BCUT2D eigenvalue weighted by Gasteiger charge is 2.46. The van der Waals surface area contributed by atoms with Crippen LogP contribution in [-0.4, -0.2) is 29.5 Å². The van der Waals surface area contributed by atoms with Crippen LogP contribution in [0, 0.1) is 0 Å². The predicted octanol–water partition coefficient (Wildman–Crippen LogP) is 5.35. The molecule has 0 saturated heterocycles. The molecule has 1 unspecified atom stereocenters. The van der Waals surface area contributed by atoms with Crippen molar-refractivity contribution < 1.29 is 31.1 Å². The number of rotatable bonds is 4. The van der Waals surface area contributed by atoms with Crippen LogP contribution in [0.3, 0.4) is 0 Å². The molecule has 0 radical (unpaired) electrons. The minimum absolute atomic E-state index is 0.0208. The molecule has 0 bridgehead atoms. The average Bonchev–Trinajstić information content (AvgIpc) is 2.71. The lowest BCUT2D eigenvalue weighted by Gasteiger charge is -2.39. The number of carbonyl (C=O) groups is 1. The summed E-state index contributed by atoms with van der Waals surface area (Å²) in [6.07, 6.45) is -2.03. The monoisotopic (exact) mass is 448 g/mol. The van der Waals surface area contributed by atoms with Gasteiger partial charge in [-0.3, -0.25) is 9.52 Å². The van der Waals surface area contributed by atoms with Crippen molar-refractivity contribution in [3.05, 3.63) is 65.9 Å². The van der Waals surface area contributed by atoms with Crippen LogP contribution in [0.5, 0.6) is 0 Å². The van der Waals surface area contributed by atoms with Gasteiger partial charge in [0.05, 0.1) is 18.5 Å². The molecule has 0 saturated carbocycles. The van der Waals surface area contributed by atoms with Crippen molar-refractivity contribution in [1.82, 2.24) is 14.2 Å². The van der Waals surface area contributed by atoms with Gasteiger partial charge in [0, 0.05) is 18.2 Å². The van der Waals surface area contributed by atoms with Crippen LogP contribution in [0.15, 0.2) is 60.3 Å². The third kappa shape index (κ3) is 4.78. The van der Waals surface area contributed by atoms with Gasteiger partial charge in [0.1, 0.15) is 17.8 Å². The number of hydrogen-bond donors (Lipinski definition) is 1. The quantitative estimate of drug-likeness (QED) is 0.389. The molecule has 1 aromatic heterocycles. The Kier molecular flexibility index (Phi) is 6.14. The lowest BCUT2D eigenvalue weighted by Crippen LogP contribution is -2.50. The van der Waals surface area contributed by atoms with Crippen molar-refractivity contribution in [2.24, 2.45) is 0 Å². The molecular weight excluding hydrogens is 432 g/mol. The lowest BCUT2D eigenvalue weighted by molar-refractivity contribution is -0.138. The number of pyridine rings is 1. The zero-order valence-electron chi connectivity index (χ0n) is 15.3. The molecule has 3 rings (SSSR count). The molecule has 1 N–H and O–H groups in total. The van der Waals surface area contributed by atoms with Gasteiger partial charge in [0.25, 0.3) is 5.91 Å². The third-order valence-corrected chi connectivity index (χ3v) is 5.23. The number of halogens is 6. The molecule has 1 aliphatic rings. The number of quaternary nitrogens is 1. The molecule has 1 atom stereocenters. The summed E-state index contributed by atoms with van der Waals surface area (Å²) in [5.74, 6) is -1.14. The molecule has 2 aromatic rings. The standard InChI is InChI=1S/C19H15F6N3OS/c20-18(21,22)15-7-4-10-26-16(15)28(14-5-2-1-3-6-14)11-8-13(9-12-28)17(29)27-30-19(23,24)25/h1-8,10H,9,11-12H2/p+1. The molecule has 0 spiro atoms. The van der Waals surface area contributed by atoms with Crippen molar-refractivity contribution >= 4 is 29.4 Å². The average molecular weight is 448 g/mol. The summed E-state index contributed by atoms with van der Waals surface area (Å²) in [6.45, 7) is -0.0381. The first-order valence-corrected chi connectivity index (χ1v) is 9.54. The first-order valence-electron chi connectivity index (χ1n) is 8.72. The summed E-state index contributed by atoms with van der Waals surface area (Å²) in [4.78, 5) is 16.1. The molecular formula is C19H16F6N3OS+. The number of nitrogens with one attached hydrogen (secondary N) is 1. The summed E-state index contributed by atoms with van der Waals surface area (Å²) in [6, 6.07) is 10.5. The lowest BCUT2D eigenvalue weighted by atomic mass is 10.0.